The van der Waals surface area contributed by atoms with Crippen LogP contribution in [0.1, 0.15) is 6.23 Å². The summed E-state index contributed by atoms with van der Waals surface area (Å²) in [6.45, 7) is -0.531. The number of nitrogens with zero attached hydrogens (tertiary/aromatic N) is 4. The first-order valence-corrected chi connectivity index (χ1v) is 9.46. The van der Waals surface area contributed by atoms with Crippen molar-refractivity contribution in [2.45, 2.75) is 24.5 Å². The molecule has 0 aliphatic carbocycles. The number of nitrogens with one attached hydrogen (secondary N) is 1. The summed E-state index contributed by atoms with van der Waals surface area (Å²) < 4.78 is 13.2. The van der Waals surface area contributed by atoms with Gasteiger partial charge in [0.15, 0.2) is 5.82 Å². The fraction of sp³-hybridized carbons (Fsp3) is 0.462. The number of hydrogen-bond donors (Lipinski definition) is 7. The summed E-state index contributed by atoms with van der Waals surface area (Å²) in [5, 5.41) is 26.1. The van der Waals surface area contributed by atoms with Crippen molar-refractivity contribution in [3.8, 4) is 0 Å². The zero-order valence-electron chi connectivity index (χ0n) is 14.0. The lowest BCUT2D eigenvalue weighted by Gasteiger charge is -2.12. The molecule has 0 saturated carbocycles. The lowest BCUT2D eigenvalue weighted by Crippen LogP contribution is -2.45. The van der Waals surface area contributed by atoms with Gasteiger partial charge in [-0.15, -0.1) is 0 Å². The van der Waals surface area contributed by atoms with E-state index < -0.39 is 39.3 Å². The average molecular weight is 402 g/mol. The van der Waals surface area contributed by atoms with Crippen molar-refractivity contribution < 1.29 is 38.7 Å². The van der Waals surface area contributed by atoms with E-state index >= 15 is 0 Å². The van der Waals surface area contributed by atoms with Gasteiger partial charge in [-0.25, -0.2) is 4.68 Å². The summed E-state index contributed by atoms with van der Waals surface area (Å²) >= 11 is 0. The topological polar surface area (TPSA) is 196 Å². The molecular formula is C13H19N6O7P+2. The largest absolute Gasteiger partial charge is 0.567 e. The van der Waals surface area contributed by atoms with Gasteiger partial charge in [0.05, 0.1) is 5.39 Å². The van der Waals surface area contributed by atoms with Crippen molar-refractivity contribution in [3.05, 3.63) is 12.5 Å². The first-order chi connectivity index (χ1) is 12.7. The molecule has 0 bridgehead atoms. The molecule has 0 aromatic carbocycles. The number of aliphatic hydroxyl groups is 2. The Bertz CT molecular complexity index is 1000. The first-order valence-electron chi connectivity index (χ1n) is 7.90. The number of aryl methyl sites for hydroxylation is 1. The predicted molar refractivity (Wildman–Crippen MR) is 90.4 cm³/mol. The van der Waals surface area contributed by atoms with Gasteiger partial charge in [-0.05, 0) is 4.98 Å². The zero-order valence-corrected chi connectivity index (χ0v) is 14.9. The third-order valence-corrected chi connectivity index (χ3v) is 5.01. The Morgan fingerprint density at radius 2 is 2.11 bits per heavy atom. The molecule has 4 heterocycles. The Balaban J connectivity index is 1.75. The fourth-order valence-electron chi connectivity index (χ4n) is 3.28. The number of aliphatic hydroxyl groups excluding tert-OH is 2. The highest BCUT2D eigenvalue weighted by Crippen LogP contribution is 2.46. The molecule has 1 aliphatic heterocycles. The van der Waals surface area contributed by atoms with Crippen LogP contribution in [-0.4, -0.2) is 69.6 Å². The molecule has 146 valence electrons. The van der Waals surface area contributed by atoms with Crippen LogP contribution in [0, 0.1) is 0 Å². The third-order valence-electron chi connectivity index (χ3n) is 4.51. The fourth-order valence-corrected chi connectivity index (χ4v) is 3.63. The van der Waals surface area contributed by atoms with E-state index in [0.717, 1.165) is 0 Å². The Labute approximate surface area is 151 Å². The van der Waals surface area contributed by atoms with E-state index in [2.05, 4.69) is 19.6 Å². The van der Waals surface area contributed by atoms with Gasteiger partial charge in [0.1, 0.15) is 42.1 Å². The van der Waals surface area contributed by atoms with Crippen molar-refractivity contribution in [2.24, 2.45) is 7.05 Å². The van der Waals surface area contributed by atoms with E-state index in [9.17, 15) is 10.2 Å². The molecule has 4 rings (SSSR count). The second-order valence-electron chi connectivity index (χ2n) is 6.26. The molecule has 4 atom stereocenters. The molecule has 27 heavy (non-hydrogen) atoms. The summed E-state index contributed by atoms with van der Waals surface area (Å²) in [6.07, 6.45) is -1.86. The number of aromatic amines is 1. The van der Waals surface area contributed by atoms with Crippen LogP contribution in [0.15, 0.2) is 12.5 Å². The minimum Gasteiger partial charge on any atom is -0.387 e. The molecule has 3 aromatic heterocycles. The number of nitrogen functional groups attached to an aromatic ring is 1. The summed E-state index contributed by atoms with van der Waals surface area (Å²) in [5.74, 6) is 0.249. The Morgan fingerprint density at radius 3 is 2.81 bits per heavy atom. The first kappa shape index (κ1) is 18.4. The molecular weight excluding hydrogens is 383 g/mol. The number of anilines is 1. The second-order valence-corrected chi connectivity index (χ2v) is 7.55. The van der Waals surface area contributed by atoms with Gasteiger partial charge >= 0.3 is 13.8 Å². The van der Waals surface area contributed by atoms with Gasteiger partial charge < -0.3 is 25.7 Å². The van der Waals surface area contributed by atoms with Crippen LogP contribution in [0.2, 0.25) is 0 Å². The summed E-state index contributed by atoms with van der Waals surface area (Å²) in [4.78, 5) is 34.1. The standard InChI is InChI=1S/C13H18N6O7P/c1-18-11-7-5(10(14)17-18)2-19(12(7)16-4-15-11)13-9(21)8(20)6(26-13)3-25-27(22,23)24/h2,4,6,8-9,13,20-24H,3H2,1H3,(H2,14,17)/q+1/p+1/t6-,8-,9-,13-/m1/s1. The van der Waals surface area contributed by atoms with Crippen LogP contribution >= 0.6 is 8.17 Å². The number of aromatic nitrogens is 5. The molecule has 0 amide bonds. The van der Waals surface area contributed by atoms with Gasteiger partial charge in [0.25, 0.3) is 0 Å². The lowest BCUT2D eigenvalue weighted by atomic mass is 10.1. The quantitative estimate of drug-likeness (QED) is 0.183. The van der Waals surface area contributed by atoms with E-state index in [4.69, 9.17) is 25.2 Å². The highest BCUT2D eigenvalue weighted by atomic mass is 31.2. The van der Waals surface area contributed by atoms with Crippen molar-refractivity contribution >= 4 is 36.1 Å². The van der Waals surface area contributed by atoms with Gasteiger partial charge in [0.2, 0.25) is 12.6 Å². The van der Waals surface area contributed by atoms with Crippen LogP contribution < -0.4 is 10.3 Å². The summed E-state index contributed by atoms with van der Waals surface area (Å²) in [7, 11) is -2.78. The second kappa shape index (κ2) is 6.29. The number of ether oxygens (including phenoxy) is 1. The smallest absolute Gasteiger partial charge is 0.387 e. The molecule has 1 aliphatic rings. The highest BCUT2D eigenvalue weighted by Gasteiger charge is 2.49. The maximum Gasteiger partial charge on any atom is 0.567 e. The van der Waals surface area contributed by atoms with Gasteiger partial charge in [-0.2, -0.15) is 28.9 Å². The zero-order chi connectivity index (χ0) is 19.5. The van der Waals surface area contributed by atoms with Crippen LogP contribution in [0.25, 0.3) is 22.1 Å². The SMILES string of the molecule is Cn1nc(N)c2c[n+]([C@@H]3O[C@H](CO[P+](O)(O)O)[C@@H](O)[C@H]3O)c3nc[nH]c1c23. The van der Waals surface area contributed by atoms with E-state index in [1.807, 2.05) is 0 Å². The molecule has 13 nitrogen and oxygen atoms in total. The van der Waals surface area contributed by atoms with Crippen molar-refractivity contribution in [2.75, 3.05) is 12.3 Å². The van der Waals surface area contributed by atoms with E-state index in [-0.39, 0.29) is 5.82 Å². The molecule has 14 heteroatoms. The Kier molecular flexibility index (Phi) is 4.29. The monoisotopic (exact) mass is 402 g/mol. The predicted octanol–water partition coefficient (Wildman–Crippen LogP) is -2.39. The van der Waals surface area contributed by atoms with E-state index in [1.165, 1.54) is 10.9 Å². The van der Waals surface area contributed by atoms with Crippen molar-refractivity contribution in [1.82, 2.24) is 19.7 Å². The molecule has 0 radical (unpaired) electrons. The number of H-pyrrole nitrogens is 1. The number of hydrogen-bond acceptors (Lipinski definition) is 10. The van der Waals surface area contributed by atoms with Gasteiger partial charge in [-0.3, -0.25) is 0 Å². The Morgan fingerprint density at radius 1 is 1.37 bits per heavy atom. The number of nitrogens with two attached hydrogens (primary N) is 1. The highest BCUT2D eigenvalue weighted by molar-refractivity contribution is 7.53. The van der Waals surface area contributed by atoms with Crippen LogP contribution in [0.3, 0.4) is 0 Å². The van der Waals surface area contributed by atoms with Crippen molar-refractivity contribution in [1.29, 1.82) is 0 Å². The lowest BCUT2D eigenvalue weighted by molar-refractivity contribution is -0.742. The maximum atomic E-state index is 10.4. The Hall–Kier alpha value is -1.96. The number of rotatable bonds is 4. The molecule has 3 aromatic rings. The van der Waals surface area contributed by atoms with E-state index in [1.54, 1.807) is 17.9 Å². The summed E-state index contributed by atoms with van der Waals surface area (Å²) in [5.41, 5.74) is 7.08. The maximum absolute atomic E-state index is 10.4. The average Bonchev–Trinajstić information content (AvgIpc) is 3.11. The van der Waals surface area contributed by atoms with Gasteiger partial charge in [-0.1, -0.05) is 0 Å². The van der Waals surface area contributed by atoms with Gasteiger partial charge in [0, 0.05) is 7.05 Å². The molecule has 8 N–H and O–H groups in total. The molecule has 1 fully saturated rings. The third kappa shape index (κ3) is 3.03. The van der Waals surface area contributed by atoms with Crippen LogP contribution in [-0.2, 0) is 16.3 Å². The molecule has 1 saturated heterocycles. The van der Waals surface area contributed by atoms with E-state index in [0.29, 0.717) is 22.1 Å². The van der Waals surface area contributed by atoms with Crippen LogP contribution in [0.4, 0.5) is 5.82 Å². The van der Waals surface area contributed by atoms with Crippen LogP contribution in [0.5, 0.6) is 0 Å². The molecule has 0 unspecified atom stereocenters. The minimum atomic E-state index is -4.49. The summed E-state index contributed by atoms with van der Waals surface area (Å²) in [6, 6.07) is 0. The minimum absolute atomic E-state index is 0.249. The van der Waals surface area contributed by atoms with Crippen molar-refractivity contribution in [3.63, 3.8) is 0 Å². The normalized spacial score (nSPS) is 26.4. The molecule has 0 spiro atoms.